The number of carbonyl (C=O) groups excluding carboxylic acids is 1. The zero-order valence-electron chi connectivity index (χ0n) is 10.0. The van der Waals surface area contributed by atoms with E-state index in [0.717, 1.165) is 23.7 Å². The van der Waals surface area contributed by atoms with Gasteiger partial charge in [0.05, 0.1) is 0 Å². The molecule has 0 radical (unpaired) electrons. The standard InChI is InChI=1S/C12H17BrN2O3/c13-9-7-10(15-8-9)12(18)14-6-4-2-1-3-5-11(16)17/h7-8,15H,1-6H2,(H,14,18)(H,16,17). The molecule has 100 valence electrons. The average Bonchev–Trinajstić information content (AvgIpc) is 2.74. The van der Waals surface area contributed by atoms with Gasteiger partial charge in [-0.2, -0.15) is 0 Å². The second-order valence-electron chi connectivity index (χ2n) is 4.05. The first-order valence-electron chi connectivity index (χ1n) is 5.93. The summed E-state index contributed by atoms with van der Waals surface area (Å²) in [6, 6.07) is 1.72. The van der Waals surface area contributed by atoms with E-state index in [9.17, 15) is 9.59 Å². The highest BCUT2D eigenvalue weighted by molar-refractivity contribution is 9.10. The van der Waals surface area contributed by atoms with Gasteiger partial charge < -0.3 is 15.4 Å². The van der Waals surface area contributed by atoms with Gasteiger partial charge in [-0.1, -0.05) is 12.8 Å². The van der Waals surface area contributed by atoms with Crippen LogP contribution < -0.4 is 5.32 Å². The zero-order valence-corrected chi connectivity index (χ0v) is 11.6. The number of carboxylic acid groups (broad SMARTS) is 1. The molecule has 1 heterocycles. The van der Waals surface area contributed by atoms with E-state index >= 15 is 0 Å². The molecule has 0 aliphatic heterocycles. The topological polar surface area (TPSA) is 82.2 Å². The third kappa shape index (κ3) is 5.86. The molecule has 0 aliphatic carbocycles. The lowest BCUT2D eigenvalue weighted by Gasteiger charge is -2.03. The Kier molecular flexibility index (Phi) is 6.49. The van der Waals surface area contributed by atoms with Gasteiger partial charge in [-0.15, -0.1) is 0 Å². The number of amides is 1. The number of unbranched alkanes of at least 4 members (excludes halogenated alkanes) is 3. The summed E-state index contributed by atoms with van der Waals surface area (Å²) in [5.74, 6) is -0.869. The van der Waals surface area contributed by atoms with Crippen LogP contribution in [0.15, 0.2) is 16.7 Å². The second kappa shape index (κ2) is 7.92. The molecule has 0 aromatic carbocycles. The van der Waals surface area contributed by atoms with Crippen molar-refractivity contribution < 1.29 is 14.7 Å². The fraction of sp³-hybridized carbons (Fsp3) is 0.500. The van der Waals surface area contributed by atoms with Crippen LogP contribution in [0.5, 0.6) is 0 Å². The van der Waals surface area contributed by atoms with Gasteiger partial charge >= 0.3 is 5.97 Å². The highest BCUT2D eigenvalue weighted by Gasteiger charge is 2.06. The van der Waals surface area contributed by atoms with Crippen molar-refractivity contribution in [3.05, 3.63) is 22.4 Å². The Labute approximate surface area is 114 Å². The van der Waals surface area contributed by atoms with E-state index < -0.39 is 5.97 Å². The summed E-state index contributed by atoms with van der Waals surface area (Å²) in [5, 5.41) is 11.3. The summed E-state index contributed by atoms with van der Waals surface area (Å²) in [4.78, 5) is 24.7. The molecule has 0 atom stereocenters. The van der Waals surface area contributed by atoms with Crippen molar-refractivity contribution in [3.63, 3.8) is 0 Å². The summed E-state index contributed by atoms with van der Waals surface area (Å²) >= 11 is 3.26. The molecule has 1 amide bonds. The Balaban J connectivity index is 2.04. The highest BCUT2D eigenvalue weighted by atomic mass is 79.9. The van der Waals surface area contributed by atoms with Gasteiger partial charge in [0, 0.05) is 23.6 Å². The molecule has 0 saturated carbocycles. The van der Waals surface area contributed by atoms with E-state index in [-0.39, 0.29) is 12.3 Å². The Hall–Kier alpha value is -1.30. The number of hydrogen-bond donors (Lipinski definition) is 3. The van der Waals surface area contributed by atoms with Gasteiger partial charge in [0.15, 0.2) is 0 Å². The number of aromatic amines is 1. The predicted octanol–water partition coefficient (Wildman–Crippen LogP) is 2.54. The number of carbonyl (C=O) groups is 2. The Morgan fingerprint density at radius 1 is 1.28 bits per heavy atom. The van der Waals surface area contributed by atoms with Crippen molar-refractivity contribution >= 4 is 27.8 Å². The molecule has 0 saturated heterocycles. The third-order valence-corrected chi connectivity index (χ3v) is 2.95. The van der Waals surface area contributed by atoms with Crippen molar-refractivity contribution in [1.29, 1.82) is 0 Å². The van der Waals surface area contributed by atoms with Crippen LogP contribution in [0.1, 0.15) is 42.6 Å². The van der Waals surface area contributed by atoms with Crippen LogP contribution in [-0.2, 0) is 4.79 Å². The minimum absolute atomic E-state index is 0.119. The number of carboxylic acids is 1. The molecule has 0 spiro atoms. The molecule has 6 heteroatoms. The van der Waals surface area contributed by atoms with Crippen LogP contribution in [0.4, 0.5) is 0 Å². The second-order valence-corrected chi connectivity index (χ2v) is 4.96. The lowest BCUT2D eigenvalue weighted by molar-refractivity contribution is -0.137. The summed E-state index contributed by atoms with van der Waals surface area (Å²) in [6.45, 7) is 0.614. The van der Waals surface area contributed by atoms with Gasteiger partial charge in [-0.3, -0.25) is 9.59 Å². The lowest BCUT2D eigenvalue weighted by Crippen LogP contribution is -2.24. The molecule has 0 bridgehead atoms. The number of hydrogen-bond acceptors (Lipinski definition) is 2. The summed E-state index contributed by atoms with van der Waals surface area (Å²) < 4.78 is 0.848. The largest absolute Gasteiger partial charge is 0.481 e. The molecule has 5 nitrogen and oxygen atoms in total. The lowest BCUT2D eigenvalue weighted by atomic mass is 10.1. The quantitative estimate of drug-likeness (QED) is 0.644. The molecule has 1 rings (SSSR count). The maximum Gasteiger partial charge on any atom is 0.303 e. The van der Waals surface area contributed by atoms with Crippen LogP contribution in [0.2, 0.25) is 0 Å². The SMILES string of the molecule is O=C(O)CCCCCCNC(=O)c1cc(Br)c[nH]1. The van der Waals surface area contributed by atoms with E-state index in [4.69, 9.17) is 5.11 Å². The Morgan fingerprint density at radius 3 is 2.61 bits per heavy atom. The van der Waals surface area contributed by atoms with Gasteiger partial charge in [0.1, 0.15) is 5.69 Å². The van der Waals surface area contributed by atoms with E-state index in [1.165, 1.54) is 0 Å². The first-order chi connectivity index (χ1) is 8.59. The van der Waals surface area contributed by atoms with Gasteiger partial charge in [-0.05, 0) is 34.8 Å². The molecule has 0 fully saturated rings. The Bertz CT molecular complexity index is 404. The molecular weight excluding hydrogens is 300 g/mol. The molecule has 0 unspecified atom stereocenters. The molecule has 0 aliphatic rings. The van der Waals surface area contributed by atoms with Crippen LogP contribution >= 0.6 is 15.9 Å². The zero-order chi connectivity index (χ0) is 13.4. The summed E-state index contributed by atoms with van der Waals surface area (Å²) in [5.41, 5.74) is 0.535. The fourth-order valence-electron chi connectivity index (χ4n) is 1.55. The van der Waals surface area contributed by atoms with Crippen LogP contribution in [0, 0.1) is 0 Å². The minimum atomic E-state index is -0.749. The van der Waals surface area contributed by atoms with Crippen LogP contribution in [-0.4, -0.2) is 28.5 Å². The number of H-pyrrole nitrogens is 1. The molecule has 18 heavy (non-hydrogen) atoms. The van der Waals surface area contributed by atoms with Gasteiger partial charge in [0.2, 0.25) is 0 Å². The van der Waals surface area contributed by atoms with Crippen LogP contribution in [0.3, 0.4) is 0 Å². The van der Waals surface area contributed by atoms with E-state index in [1.54, 1.807) is 12.3 Å². The number of rotatable bonds is 8. The molecule has 1 aromatic heterocycles. The summed E-state index contributed by atoms with van der Waals surface area (Å²) in [6.07, 6.45) is 5.32. The number of aromatic nitrogens is 1. The molecule has 3 N–H and O–H groups in total. The Morgan fingerprint density at radius 2 is 2.00 bits per heavy atom. The first-order valence-corrected chi connectivity index (χ1v) is 6.73. The highest BCUT2D eigenvalue weighted by Crippen LogP contribution is 2.10. The third-order valence-electron chi connectivity index (χ3n) is 2.50. The van der Waals surface area contributed by atoms with Crippen molar-refractivity contribution in [1.82, 2.24) is 10.3 Å². The summed E-state index contributed by atoms with van der Waals surface area (Å²) in [7, 11) is 0. The van der Waals surface area contributed by atoms with Crippen LogP contribution in [0.25, 0.3) is 0 Å². The molecular formula is C12H17BrN2O3. The van der Waals surface area contributed by atoms with E-state index in [0.29, 0.717) is 18.7 Å². The van der Waals surface area contributed by atoms with Gasteiger partial charge in [-0.25, -0.2) is 0 Å². The maximum absolute atomic E-state index is 11.6. The fourth-order valence-corrected chi connectivity index (χ4v) is 1.89. The van der Waals surface area contributed by atoms with Crippen molar-refractivity contribution in [2.45, 2.75) is 32.1 Å². The number of nitrogens with one attached hydrogen (secondary N) is 2. The first kappa shape index (κ1) is 14.8. The smallest absolute Gasteiger partial charge is 0.303 e. The van der Waals surface area contributed by atoms with E-state index in [2.05, 4.69) is 26.2 Å². The normalized spacial score (nSPS) is 10.3. The van der Waals surface area contributed by atoms with Gasteiger partial charge in [0.25, 0.3) is 5.91 Å². The van der Waals surface area contributed by atoms with Crippen molar-refractivity contribution in [2.24, 2.45) is 0 Å². The van der Waals surface area contributed by atoms with Crippen molar-refractivity contribution in [3.8, 4) is 0 Å². The molecule has 1 aromatic rings. The van der Waals surface area contributed by atoms with E-state index in [1.807, 2.05) is 0 Å². The number of aliphatic carboxylic acids is 1. The van der Waals surface area contributed by atoms with Crippen molar-refractivity contribution in [2.75, 3.05) is 6.54 Å². The monoisotopic (exact) mass is 316 g/mol. The average molecular weight is 317 g/mol. The maximum atomic E-state index is 11.6. The predicted molar refractivity (Wildman–Crippen MR) is 71.5 cm³/mol. The number of halogens is 1. The minimum Gasteiger partial charge on any atom is -0.481 e.